The third-order valence-corrected chi connectivity index (χ3v) is 3.65. The van der Waals surface area contributed by atoms with Crippen molar-refractivity contribution in [1.82, 2.24) is 15.5 Å². The van der Waals surface area contributed by atoms with Crippen molar-refractivity contribution in [3.63, 3.8) is 0 Å². The smallest absolute Gasteiger partial charge is 0.191 e. The highest BCUT2D eigenvalue weighted by molar-refractivity contribution is 5.79. The molecule has 0 heterocycles. The quantitative estimate of drug-likeness (QED) is 0.633. The van der Waals surface area contributed by atoms with Gasteiger partial charge in [0, 0.05) is 26.7 Å². The van der Waals surface area contributed by atoms with E-state index in [-0.39, 0.29) is 5.82 Å². The molecule has 0 aliphatic rings. The number of rotatable bonds is 6. The summed E-state index contributed by atoms with van der Waals surface area (Å²) in [5.74, 6) is 0.498. The molecular formula is C19H25FN4. The number of aliphatic imine (C=N–C) groups is 1. The average molecular weight is 328 g/mol. The zero-order valence-corrected chi connectivity index (χ0v) is 14.5. The van der Waals surface area contributed by atoms with Crippen molar-refractivity contribution in [2.75, 3.05) is 21.1 Å². The van der Waals surface area contributed by atoms with E-state index in [4.69, 9.17) is 0 Å². The minimum Gasteiger partial charge on any atom is -0.352 e. The van der Waals surface area contributed by atoms with Crippen LogP contribution in [-0.4, -0.2) is 32.0 Å². The van der Waals surface area contributed by atoms with Crippen molar-refractivity contribution >= 4 is 5.96 Å². The van der Waals surface area contributed by atoms with Gasteiger partial charge < -0.3 is 15.5 Å². The second-order valence-electron chi connectivity index (χ2n) is 5.91. The molecule has 2 rings (SSSR count). The molecule has 0 saturated heterocycles. The summed E-state index contributed by atoms with van der Waals surface area (Å²) in [5, 5.41) is 6.57. The molecule has 0 bridgehead atoms. The molecule has 0 fully saturated rings. The lowest BCUT2D eigenvalue weighted by atomic mass is 10.1. The summed E-state index contributed by atoms with van der Waals surface area (Å²) < 4.78 is 12.9. The number of halogens is 1. The summed E-state index contributed by atoms with van der Waals surface area (Å²) in [5.41, 5.74) is 3.55. The summed E-state index contributed by atoms with van der Waals surface area (Å²) in [6.45, 7) is 2.20. The van der Waals surface area contributed by atoms with E-state index < -0.39 is 0 Å². The molecule has 128 valence electrons. The van der Waals surface area contributed by atoms with Crippen LogP contribution in [0.15, 0.2) is 53.5 Å². The Bertz CT molecular complexity index is 665. The normalized spacial score (nSPS) is 11.6. The zero-order valence-electron chi connectivity index (χ0n) is 14.5. The monoisotopic (exact) mass is 328 g/mol. The minimum absolute atomic E-state index is 0.223. The summed E-state index contributed by atoms with van der Waals surface area (Å²) in [6.07, 6.45) is 0. The molecule has 24 heavy (non-hydrogen) atoms. The Labute approximate surface area is 143 Å². The number of hydrogen-bond acceptors (Lipinski definition) is 2. The Morgan fingerprint density at radius 2 is 1.58 bits per heavy atom. The van der Waals surface area contributed by atoms with Crippen LogP contribution in [0, 0.1) is 5.82 Å². The molecule has 2 aromatic carbocycles. The van der Waals surface area contributed by atoms with Crippen molar-refractivity contribution in [2.24, 2.45) is 4.99 Å². The van der Waals surface area contributed by atoms with Gasteiger partial charge in [0.2, 0.25) is 0 Å². The van der Waals surface area contributed by atoms with Gasteiger partial charge in [0.05, 0.1) is 0 Å². The fourth-order valence-corrected chi connectivity index (χ4v) is 2.41. The SMILES string of the molecule is CN=C(NCc1ccc(F)cc1)NCc1ccccc1CN(C)C. The van der Waals surface area contributed by atoms with Gasteiger partial charge in [0.15, 0.2) is 5.96 Å². The molecule has 0 spiro atoms. The Morgan fingerprint density at radius 1 is 0.958 bits per heavy atom. The number of benzene rings is 2. The Balaban J connectivity index is 1.91. The van der Waals surface area contributed by atoms with Crippen molar-refractivity contribution in [2.45, 2.75) is 19.6 Å². The first-order valence-electron chi connectivity index (χ1n) is 7.99. The van der Waals surface area contributed by atoms with E-state index in [1.165, 1.54) is 23.3 Å². The number of nitrogens with one attached hydrogen (secondary N) is 2. The highest BCUT2D eigenvalue weighted by Gasteiger charge is 2.04. The van der Waals surface area contributed by atoms with E-state index in [1.54, 1.807) is 19.2 Å². The van der Waals surface area contributed by atoms with Crippen LogP contribution >= 0.6 is 0 Å². The highest BCUT2D eigenvalue weighted by atomic mass is 19.1. The van der Waals surface area contributed by atoms with Crippen LogP contribution < -0.4 is 10.6 Å². The van der Waals surface area contributed by atoms with Crippen molar-refractivity contribution in [3.05, 3.63) is 71.0 Å². The van der Waals surface area contributed by atoms with Gasteiger partial charge in [-0.3, -0.25) is 4.99 Å². The predicted molar refractivity (Wildman–Crippen MR) is 97.3 cm³/mol. The molecule has 0 unspecified atom stereocenters. The molecule has 4 nitrogen and oxygen atoms in total. The van der Waals surface area contributed by atoms with Gasteiger partial charge in [0.25, 0.3) is 0 Å². The predicted octanol–water partition coefficient (Wildman–Crippen LogP) is 2.75. The first kappa shape index (κ1) is 17.9. The molecule has 0 aliphatic heterocycles. The molecule has 2 N–H and O–H groups in total. The molecule has 2 aromatic rings. The lowest BCUT2D eigenvalue weighted by Crippen LogP contribution is -2.36. The molecule has 5 heteroatoms. The zero-order chi connectivity index (χ0) is 17.4. The third kappa shape index (κ3) is 5.66. The summed E-state index contributed by atoms with van der Waals surface area (Å²) in [7, 11) is 5.87. The lowest BCUT2D eigenvalue weighted by Gasteiger charge is -2.16. The first-order valence-corrected chi connectivity index (χ1v) is 7.99. The fourth-order valence-electron chi connectivity index (χ4n) is 2.41. The van der Waals surface area contributed by atoms with Crippen molar-refractivity contribution < 1.29 is 4.39 Å². The van der Waals surface area contributed by atoms with Gasteiger partial charge in [-0.15, -0.1) is 0 Å². The highest BCUT2D eigenvalue weighted by Crippen LogP contribution is 2.10. The standard InChI is InChI=1S/C19H25FN4/c1-21-19(22-12-15-8-10-18(20)11-9-15)23-13-16-6-4-5-7-17(16)14-24(2)3/h4-11H,12-14H2,1-3H3,(H2,21,22,23). The number of nitrogens with zero attached hydrogens (tertiary/aromatic N) is 2. The lowest BCUT2D eigenvalue weighted by molar-refractivity contribution is 0.400. The molecular weight excluding hydrogens is 303 g/mol. The maximum absolute atomic E-state index is 12.9. The van der Waals surface area contributed by atoms with E-state index >= 15 is 0 Å². The topological polar surface area (TPSA) is 39.7 Å². The molecule has 0 saturated carbocycles. The summed E-state index contributed by atoms with van der Waals surface area (Å²) in [6, 6.07) is 14.8. The van der Waals surface area contributed by atoms with Crippen LogP contribution in [0.25, 0.3) is 0 Å². The average Bonchev–Trinajstić information content (AvgIpc) is 2.57. The maximum Gasteiger partial charge on any atom is 0.191 e. The van der Waals surface area contributed by atoms with Crippen molar-refractivity contribution in [3.8, 4) is 0 Å². The van der Waals surface area contributed by atoms with Gasteiger partial charge in [-0.2, -0.15) is 0 Å². The molecule has 0 atom stereocenters. The van der Waals surface area contributed by atoms with E-state index in [0.717, 1.165) is 18.1 Å². The Morgan fingerprint density at radius 3 is 2.21 bits per heavy atom. The maximum atomic E-state index is 12.9. The van der Waals surface area contributed by atoms with Gasteiger partial charge >= 0.3 is 0 Å². The second-order valence-corrected chi connectivity index (χ2v) is 5.91. The Hall–Kier alpha value is -2.40. The van der Waals surface area contributed by atoms with E-state index in [2.05, 4.69) is 52.8 Å². The van der Waals surface area contributed by atoms with Gasteiger partial charge in [-0.25, -0.2) is 4.39 Å². The van der Waals surface area contributed by atoms with Crippen LogP contribution in [0.3, 0.4) is 0 Å². The first-order chi connectivity index (χ1) is 11.6. The molecule has 0 aliphatic carbocycles. The third-order valence-electron chi connectivity index (χ3n) is 3.65. The Kier molecular flexibility index (Phi) is 6.75. The largest absolute Gasteiger partial charge is 0.352 e. The van der Waals surface area contributed by atoms with Gasteiger partial charge in [-0.05, 0) is 42.9 Å². The summed E-state index contributed by atoms with van der Waals surface area (Å²) >= 11 is 0. The van der Waals surface area contributed by atoms with Crippen LogP contribution in [0.2, 0.25) is 0 Å². The number of hydrogen-bond donors (Lipinski definition) is 2. The van der Waals surface area contributed by atoms with Gasteiger partial charge in [0.1, 0.15) is 5.82 Å². The van der Waals surface area contributed by atoms with Crippen LogP contribution in [0.5, 0.6) is 0 Å². The van der Waals surface area contributed by atoms with Crippen LogP contribution in [0.4, 0.5) is 4.39 Å². The van der Waals surface area contributed by atoms with E-state index in [0.29, 0.717) is 13.1 Å². The molecule has 0 radical (unpaired) electrons. The molecule has 0 aromatic heterocycles. The fraction of sp³-hybridized carbons (Fsp3) is 0.316. The van der Waals surface area contributed by atoms with Crippen LogP contribution in [0.1, 0.15) is 16.7 Å². The molecule has 0 amide bonds. The van der Waals surface area contributed by atoms with Crippen molar-refractivity contribution in [1.29, 1.82) is 0 Å². The van der Waals surface area contributed by atoms with Gasteiger partial charge in [-0.1, -0.05) is 36.4 Å². The van der Waals surface area contributed by atoms with Crippen LogP contribution in [-0.2, 0) is 19.6 Å². The van der Waals surface area contributed by atoms with E-state index in [9.17, 15) is 4.39 Å². The minimum atomic E-state index is -0.223. The van der Waals surface area contributed by atoms with E-state index in [1.807, 2.05) is 6.07 Å². The second kappa shape index (κ2) is 9.03. The number of guanidine groups is 1. The summed E-state index contributed by atoms with van der Waals surface area (Å²) in [4.78, 5) is 6.39.